The van der Waals surface area contributed by atoms with Crippen molar-refractivity contribution in [3.05, 3.63) is 29.8 Å². The molecule has 0 amide bonds. The first-order valence-corrected chi connectivity index (χ1v) is 7.00. The summed E-state index contributed by atoms with van der Waals surface area (Å²) in [5.74, 6) is 0.618. The average Bonchev–Trinajstić information content (AvgIpc) is 2.37. The minimum Gasteiger partial charge on any atom is -0.493 e. The summed E-state index contributed by atoms with van der Waals surface area (Å²) < 4.78 is 11.1. The van der Waals surface area contributed by atoms with Crippen LogP contribution in [0.5, 0.6) is 5.75 Å². The van der Waals surface area contributed by atoms with Crippen LogP contribution in [0.1, 0.15) is 39.2 Å². The fourth-order valence-corrected chi connectivity index (χ4v) is 2.64. The summed E-state index contributed by atoms with van der Waals surface area (Å²) in [5.41, 5.74) is 6.16. The zero-order valence-corrected chi connectivity index (χ0v) is 12.4. The van der Waals surface area contributed by atoms with E-state index in [0.29, 0.717) is 19.6 Å². The summed E-state index contributed by atoms with van der Waals surface area (Å²) in [5, 5.41) is 0. The summed E-state index contributed by atoms with van der Waals surface area (Å²) in [7, 11) is 0. The van der Waals surface area contributed by atoms with Crippen LogP contribution in [-0.2, 0) is 14.9 Å². The Balaban J connectivity index is 2.25. The number of fused-ring (bicyclic) bond motifs is 1. The van der Waals surface area contributed by atoms with E-state index in [4.69, 9.17) is 15.2 Å². The molecule has 1 aromatic rings. The lowest BCUT2D eigenvalue weighted by Gasteiger charge is -2.37. The number of hydrogen-bond donors (Lipinski definition) is 1. The van der Waals surface area contributed by atoms with Gasteiger partial charge in [0.1, 0.15) is 11.4 Å². The minimum atomic E-state index is -0.475. The van der Waals surface area contributed by atoms with Gasteiger partial charge in [-0.25, -0.2) is 0 Å². The molecule has 4 heteroatoms. The molecule has 0 radical (unpaired) electrons. The van der Waals surface area contributed by atoms with E-state index in [0.717, 1.165) is 17.7 Å². The SMILES string of the molecule is CC(C)(C)OC(=O)CC1(CN)CCOc2ccccc21. The van der Waals surface area contributed by atoms with E-state index in [-0.39, 0.29) is 11.4 Å². The Kier molecular flexibility index (Phi) is 4.04. The van der Waals surface area contributed by atoms with Crippen LogP contribution in [0.15, 0.2) is 24.3 Å². The van der Waals surface area contributed by atoms with E-state index in [1.807, 2.05) is 45.0 Å². The second kappa shape index (κ2) is 5.44. The smallest absolute Gasteiger partial charge is 0.307 e. The summed E-state index contributed by atoms with van der Waals surface area (Å²) in [6.07, 6.45) is 1.03. The number of nitrogens with two attached hydrogens (primary N) is 1. The van der Waals surface area contributed by atoms with E-state index in [1.165, 1.54) is 0 Å². The Hall–Kier alpha value is -1.55. The van der Waals surface area contributed by atoms with Gasteiger partial charge in [0, 0.05) is 17.5 Å². The van der Waals surface area contributed by atoms with Crippen molar-refractivity contribution in [2.75, 3.05) is 13.2 Å². The monoisotopic (exact) mass is 277 g/mol. The maximum absolute atomic E-state index is 12.2. The normalized spacial score (nSPS) is 21.8. The highest BCUT2D eigenvalue weighted by Gasteiger charge is 2.39. The summed E-state index contributed by atoms with van der Waals surface area (Å²) in [6, 6.07) is 7.80. The van der Waals surface area contributed by atoms with Gasteiger partial charge in [-0.1, -0.05) is 18.2 Å². The van der Waals surface area contributed by atoms with Crippen LogP contribution in [0.2, 0.25) is 0 Å². The summed E-state index contributed by atoms with van der Waals surface area (Å²) >= 11 is 0. The third kappa shape index (κ3) is 3.12. The van der Waals surface area contributed by atoms with Crippen molar-refractivity contribution in [3.8, 4) is 5.75 Å². The van der Waals surface area contributed by atoms with Gasteiger partial charge in [-0.3, -0.25) is 4.79 Å². The molecule has 110 valence electrons. The number of para-hydroxylation sites is 1. The zero-order chi connectivity index (χ0) is 14.8. The van der Waals surface area contributed by atoms with E-state index < -0.39 is 5.60 Å². The highest BCUT2D eigenvalue weighted by atomic mass is 16.6. The number of hydrogen-bond acceptors (Lipinski definition) is 4. The Morgan fingerprint density at radius 3 is 2.75 bits per heavy atom. The number of esters is 1. The van der Waals surface area contributed by atoms with Crippen molar-refractivity contribution in [3.63, 3.8) is 0 Å². The molecule has 1 atom stereocenters. The molecule has 1 aliphatic heterocycles. The molecule has 2 N–H and O–H groups in total. The molecule has 0 aliphatic carbocycles. The highest BCUT2D eigenvalue weighted by Crippen LogP contribution is 2.40. The number of benzene rings is 1. The van der Waals surface area contributed by atoms with Crippen molar-refractivity contribution in [1.29, 1.82) is 0 Å². The van der Waals surface area contributed by atoms with E-state index in [9.17, 15) is 4.79 Å². The first-order valence-electron chi connectivity index (χ1n) is 7.00. The van der Waals surface area contributed by atoms with E-state index in [1.54, 1.807) is 0 Å². The van der Waals surface area contributed by atoms with Gasteiger partial charge in [0.05, 0.1) is 13.0 Å². The van der Waals surface area contributed by atoms with Gasteiger partial charge in [-0.05, 0) is 33.3 Å². The molecular formula is C16H23NO3. The lowest BCUT2D eigenvalue weighted by molar-refractivity contribution is -0.156. The van der Waals surface area contributed by atoms with Crippen LogP contribution in [0.3, 0.4) is 0 Å². The van der Waals surface area contributed by atoms with Crippen molar-refractivity contribution >= 4 is 5.97 Å². The Bertz CT molecular complexity index is 493. The quantitative estimate of drug-likeness (QED) is 0.862. The fourth-order valence-electron chi connectivity index (χ4n) is 2.64. The second-order valence-corrected chi connectivity index (χ2v) is 6.34. The van der Waals surface area contributed by atoms with E-state index in [2.05, 4.69) is 0 Å². The number of ether oxygens (including phenoxy) is 2. The number of carbonyl (C=O) groups is 1. The zero-order valence-electron chi connectivity index (χ0n) is 12.4. The maximum Gasteiger partial charge on any atom is 0.307 e. The summed E-state index contributed by atoms with van der Waals surface area (Å²) in [6.45, 7) is 6.61. The molecule has 1 aromatic carbocycles. The molecule has 0 bridgehead atoms. The summed E-state index contributed by atoms with van der Waals surface area (Å²) in [4.78, 5) is 12.2. The molecule has 1 aliphatic rings. The van der Waals surface area contributed by atoms with Crippen LogP contribution >= 0.6 is 0 Å². The van der Waals surface area contributed by atoms with Crippen LogP contribution in [-0.4, -0.2) is 24.7 Å². The first kappa shape index (κ1) is 14.9. The Morgan fingerprint density at radius 1 is 1.40 bits per heavy atom. The molecule has 0 aromatic heterocycles. The maximum atomic E-state index is 12.2. The van der Waals surface area contributed by atoms with Crippen molar-refractivity contribution < 1.29 is 14.3 Å². The average molecular weight is 277 g/mol. The lowest BCUT2D eigenvalue weighted by Crippen LogP contribution is -2.42. The second-order valence-electron chi connectivity index (χ2n) is 6.34. The van der Waals surface area contributed by atoms with Crippen molar-refractivity contribution in [2.45, 2.75) is 44.6 Å². The molecule has 2 rings (SSSR count). The molecular weight excluding hydrogens is 254 g/mol. The lowest BCUT2D eigenvalue weighted by atomic mass is 9.73. The van der Waals surface area contributed by atoms with Gasteiger partial charge in [0.25, 0.3) is 0 Å². The predicted octanol–water partition coefficient (Wildman–Crippen LogP) is 2.40. The minimum absolute atomic E-state index is 0.209. The van der Waals surface area contributed by atoms with Crippen LogP contribution in [0.25, 0.3) is 0 Å². The molecule has 1 heterocycles. The molecule has 0 fully saturated rings. The van der Waals surface area contributed by atoms with Gasteiger partial charge in [0.15, 0.2) is 0 Å². The number of rotatable bonds is 3. The predicted molar refractivity (Wildman–Crippen MR) is 77.7 cm³/mol. The third-order valence-electron chi connectivity index (χ3n) is 3.59. The van der Waals surface area contributed by atoms with E-state index >= 15 is 0 Å². The molecule has 4 nitrogen and oxygen atoms in total. The van der Waals surface area contributed by atoms with Gasteiger partial charge < -0.3 is 15.2 Å². The van der Waals surface area contributed by atoms with Crippen molar-refractivity contribution in [2.24, 2.45) is 5.73 Å². The highest BCUT2D eigenvalue weighted by molar-refractivity contribution is 5.72. The van der Waals surface area contributed by atoms with Gasteiger partial charge >= 0.3 is 5.97 Å². The molecule has 0 saturated carbocycles. The van der Waals surface area contributed by atoms with Gasteiger partial charge in [-0.2, -0.15) is 0 Å². The molecule has 0 saturated heterocycles. The van der Waals surface area contributed by atoms with Crippen LogP contribution in [0, 0.1) is 0 Å². The Morgan fingerprint density at radius 2 is 2.10 bits per heavy atom. The van der Waals surface area contributed by atoms with Gasteiger partial charge in [0.2, 0.25) is 0 Å². The molecule has 0 spiro atoms. The van der Waals surface area contributed by atoms with Crippen LogP contribution in [0.4, 0.5) is 0 Å². The van der Waals surface area contributed by atoms with Crippen LogP contribution < -0.4 is 10.5 Å². The number of carbonyl (C=O) groups excluding carboxylic acids is 1. The topological polar surface area (TPSA) is 61.5 Å². The Labute approximate surface area is 120 Å². The fraction of sp³-hybridized carbons (Fsp3) is 0.562. The molecule has 1 unspecified atom stereocenters. The molecule has 20 heavy (non-hydrogen) atoms. The first-order chi connectivity index (χ1) is 9.36. The largest absolute Gasteiger partial charge is 0.493 e. The van der Waals surface area contributed by atoms with Gasteiger partial charge in [-0.15, -0.1) is 0 Å². The van der Waals surface area contributed by atoms with Crippen molar-refractivity contribution in [1.82, 2.24) is 0 Å². The third-order valence-corrected chi connectivity index (χ3v) is 3.59. The standard InChI is InChI=1S/C16H23NO3/c1-15(2,3)20-14(18)10-16(11-17)8-9-19-13-7-5-4-6-12(13)16/h4-7H,8-11,17H2,1-3H3.